The fourth-order valence-electron chi connectivity index (χ4n) is 2.83. The van der Waals surface area contributed by atoms with Crippen LogP contribution in [-0.4, -0.2) is 5.11 Å². The Hall–Kier alpha value is -1.10. The summed E-state index contributed by atoms with van der Waals surface area (Å²) in [6.45, 7) is 0. The predicted octanol–water partition coefficient (Wildman–Crippen LogP) is 4.85. The van der Waals surface area contributed by atoms with Gasteiger partial charge in [-0.2, -0.15) is 13.2 Å². The lowest BCUT2D eigenvalue weighted by Crippen LogP contribution is -2.15. The van der Waals surface area contributed by atoms with Crippen molar-refractivity contribution in [2.45, 2.75) is 50.8 Å². The highest BCUT2D eigenvalue weighted by Gasteiger charge is 2.33. The van der Waals surface area contributed by atoms with Crippen LogP contribution in [0, 0.1) is 11.7 Å². The normalized spacial score (nSPS) is 19.6. The number of aliphatic hydroxyl groups is 1. The van der Waals surface area contributed by atoms with E-state index in [1.807, 2.05) is 0 Å². The average molecular weight is 290 g/mol. The molecule has 1 N–H and O–H groups in total. The van der Waals surface area contributed by atoms with Gasteiger partial charge in [0.25, 0.3) is 0 Å². The fourth-order valence-corrected chi connectivity index (χ4v) is 2.83. The van der Waals surface area contributed by atoms with Crippen LogP contribution in [0.25, 0.3) is 0 Å². The molecule has 112 valence electrons. The van der Waals surface area contributed by atoms with Gasteiger partial charge in [0.1, 0.15) is 5.82 Å². The zero-order valence-corrected chi connectivity index (χ0v) is 11.1. The molecule has 0 aliphatic heterocycles. The largest absolute Gasteiger partial charge is 0.416 e. The zero-order valence-electron chi connectivity index (χ0n) is 11.1. The maximum absolute atomic E-state index is 13.7. The highest BCUT2D eigenvalue weighted by atomic mass is 19.4. The van der Waals surface area contributed by atoms with Crippen molar-refractivity contribution >= 4 is 0 Å². The molecule has 2 rings (SSSR count). The van der Waals surface area contributed by atoms with Crippen LogP contribution in [-0.2, 0) is 6.18 Å². The molecule has 5 heteroatoms. The number of hydrogen-bond acceptors (Lipinski definition) is 1. The molecule has 1 atom stereocenters. The van der Waals surface area contributed by atoms with Crippen molar-refractivity contribution < 1.29 is 22.7 Å². The Bertz CT molecular complexity index is 448. The van der Waals surface area contributed by atoms with E-state index in [1.54, 1.807) is 0 Å². The summed E-state index contributed by atoms with van der Waals surface area (Å²) in [5.41, 5.74) is -1.15. The molecule has 0 bridgehead atoms. The van der Waals surface area contributed by atoms with Gasteiger partial charge in [-0.05, 0) is 37.0 Å². The highest BCUT2D eigenvalue weighted by Crippen LogP contribution is 2.37. The summed E-state index contributed by atoms with van der Waals surface area (Å²) >= 11 is 0. The minimum Gasteiger partial charge on any atom is -0.388 e. The van der Waals surface area contributed by atoms with Crippen LogP contribution in [0.1, 0.15) is 55.8 Å². The van der Waals surface area contributed by atoms with E-state index in [1.165, 1.54) is 0 Å². The van der Waals surface area contributed by atoms with E-state index in [9.17, 15) is 22.7 Å². The standard InChI is InChI=1S/C15H18F4O/c16-13-8-7-11(15(17,18)19)9-12(13)14(20)10-5-3-1-2-4-6-10/h7-10,14,20H,1-6H2. The third-order valence-electron chi connectivity index (χ3n) is 3.99. The Balaban J connectivity index is 2.25. The average Bonchev–Trinajstić information content (AvgIpc) is 2.66. The van der Waals surface area contributed by atoms with E-state index < -0.39 is 23.7 Å². The lowest BCUT2D eigenvalue weighted by molar-refractivity contribution is -0.137. The van der Waals surface area contributed by atoms with Crippen LogP contribution < -0.4 is 0 Å². The van der Waals surface area contributed by atoms with Gasteiger partial charge < -0.3 is 5.11 Å². The molecule has 20 heavy (non-hydrogen) atoms. The minimum absolute atomic E-state index is 0.157. The van der Waals surface area contributed by atoms with Gasteiger partial charge in [0, 0.05) is 5.56 Å². The summed E-state index contributed by atoms with van der Waals surface area (Å²) in [6, 6.07) is 2.24. The van der Waals surface area contributed by atoms with Gasteiger partial charge in [-0.15, -0.1) is 0 Å². The first kappa shape index (κ1) is 15.3. The van der Waals surface area contributed by atoms with E-state index in [2.05, 4.69) is 0 Å². The second-order valence-corrected chi connectivity index (χ2v) is 5.43. The first-order chi connectivity index (χ1) is 9.39. The van der Waals surface area contributed by atoms with Crippen LogP contribution in [0.2, 0.25) is 0 Å². The summed E-state index contributed by atoms with van der Waals surface area (Å²) < 4.78 is 51.7. The molecule has 1 aromatic rings. The van der Waals surface area contributed by atoms with Gasteiger partial charge in [0.05, 0.1) is 11.7 Å². The van der Waals surface area contributed by atoms with Crippen LogP contribution in [0.3, 0.4) is 0 Å². The van der Waals surface area contributed by atoms with Gasteiger partial charge in [-0.3, -0.25) is 0 Å². The predicted molar refractivity (Wildman–Crippen MR) is 67.6 cm³/mol. The third-order valence-corrected chi connectivity index (χ3v) is 3.99. The Morgan fingerprint density at radius 2 is 1.65 bits per heavy atom. The molecule has 0 radical (unpaired) electrons. The Morgan fingerprint density at radius 1 is 1.05 bits per heavy atom. The number of aliphatic hydroxyl groups excluding tert-OH is 1. The van der Waals surface area contributed by atoms with Crippen molar-refractivity contribution in [3.63, 3.8) is 0 Å². The van der Waals surface area contributed by atoms with Crippen molar-refractivity contribution in [1.82, 2.24) is 0 Å². The summed E-state index contributed by atoms with van der Waals surface area (Å²) in [6.07, 6.45) is -0.220. The lowest BCUT2D eigenvalue weighted by atomic mass is 9.88. The molecule has 1 saturated carbocycles. The van der Waals surface area contributed by atoms with E-state index in [0.717, 1.165) is 50.7 Å². The molecule has 1 aliphatic rings. The van der Waals surface area contributed by atoms with E-state index >= 15 is 0 Å². The molecule has 0 heterocycles. The van der Waals surface area contributed by atoms with Crippen molar-refractivity contribution in [3.8, 4) is 0 Å². The first-order valence-electron chi connectivity index (χ1n) is 6.94. The second-order valence-electron chi connectivity index (χ2n) is 5.43. The van der Waals surface area contributed by atoms with Crippen LogP contribution >= 0.6 is 0 Å². The number of halogens is 4. The summed E-state index contributed by atoms with van der Waals surface area (Å²) in [5, 5.41) is 10.2. The molecule has 1 aliphatic carbocycles. The SMILES string of the molecule is OC(c1cc(C(F)(F)F)ccc1F)C1CCCCCC1. The van der Waals surface area contributed by atoms with Gasteiger partial charge in [-0.25, -0.2) is 4.39 Å². The Labute approximate surface area is 115 Å². The number of alkyl halides is 3. The second kappa shape index (κ2) is 6.12. The maximum Gasteiger partial charge on any atom is 0.416 e. The number of hydrogen-bond donors (Lipinski definition) is 1. The first-order valence-corrected chi connectivity index (χ1v) is 6.94. The molecule has 0 spiro atoms. The van der Waals surface area contributed by atoms with Crippen molar-refractivity contribution in [3.05, 3.63) is 35.1 Å². The maximum atomic E-state index is 13.7. The van der Waals surface area contributed by atoms with E-state index in [-0.39, 0.29) is 11.5 Å². The molecular formula is C15H18F4O. The molecular weight excluding hydrogens is 272 g/mol. The lowest BCUT2D eigenvalue weighted by Gasteiger charge is -2.22. The van der Waals surface area contributed by atoms with Gasteiger partial charge in [-0.1, -0.05) is 25.7 Å². The van der Waals surface area contributed by atoms with Gasteiger partial charge >= 0.3 is 6.18 Å². The topological polar surface area (TPSA) is 20.2 Å². The quantitative estimate of drug-likeness (QED) is 0.610. The van der Waals surface area contributed by atoms with Crippen molar-refractivity contribution in [1.29, 1.82) is 0 Å². The molecule has 0 saturated heterocycles. The summed E-state index contributed by atoms with van der Waals surface area (Å²) in [4.78, 5) is 0. The van der Waals surface area contributed by atoms with Crippen molar-refractivity contribution in [2.75, 3.05) is 0 Å². The van der Waals surface area contributed by atoms with Crippen LogP contribution in [0.15, 0.2) is 18.2 Å². The molecule has 0 amide bonds. The van der Waals surface area contributed by atoms with Crippen LogP contribution in [0.4, 0.5) is 17.6 Å². The minimum atomic E-state index is -4.52. The van der Waals surface area contributed by atoms with E-state index in [4.69, 9.17) is 0 Å². The molecule has 1 aromatic carbocycles. The smallest absolute Gasteiger partial charge is 0.388 e. The molecule has 1 nitrogen and oxygen atoms in total. The monoisotopic (exact) mass is 290 g/mol. The Morgan fingerprint density at radius 3 is 2.20 bits per heavy atom. The summed E-state index contributed by atoms with van der Waals surface area (Å²) in [5.74, 6) is -0.926. The molecule has 1 unspecified atom stereocenters. The number of benzene rings is 1. The fraction of sp³-hybridized carbons (Fsp3) is 0.600. The van der Waals surface area contributed by atoms with Crippen molar-refractivity contribution in [2.24, 2.45) is 5.92 Å². The molecule has 1 fully saturated rings. The van der Waals surface area contributed by atoms with Crippen LogP contribution in [0.5, 0.6) is 0 Å². The highest BCUT2D eigenvalue weighted by molar-refractivity contribution is 5.29. The zero-order chi connectivity index (χ0) is 14.8. The third kappa shape index (κ3) is 3.51. The number of rotatable bonds is 2. The van der Waals surface area contributed by atoms with Gasteiger partial charge in [0.2, 0.25) is 0 Å². The Kier molecular flexibility index (Phi) is 4.68. The van der Waals surface area contributed by atoms with E-state index in [0.29, 0.717) is 6.07 Å². The van der Waals surface area contributed by atoms with Gasteiger partial charge in [0.15, 0.2) is 0 Å². The summed E-state index contributed by atoms with van der Waals surface area (Å²) in [7, 11) is 0. The molecule has 0 aromatic heterocycles.